The van der Waals surface area contributed by atoms with Crippen LogP contribution < -0.4 is 4.74 Å². The van der Waals surface area contributed by atoms with Gasteiger partial charge in [0.2, 0.25) is 0 Å². The number of nitrogens with zero attached hydrogens (tertiary/aromatic N) is 2. The summed E-state index contributed by atoms with van der Waals surface area (Å²) in [6, 6.07) is 0.482. The minimum Gasteiger partial charge on any atom is -0.461 e. The molecule has 3 heteroatoms. The summed E-state index contributed by atoms with van der Waals surface area (Å²) in [6.45, 7) is 8.40. The molecule has 0 bridgehead atoms. The molecule has 0 aliphatic rings. The van der Waals surface area contributed by atoms with E-state index in [1.165, 1.54) is 31.2 Å². The van der Waals surface area contributed by atoms with Gasteiger partial charge in [0.15, 0.2) is 0 Å². The number of hydrogen-bond donors (Lipinski definition) is 0. The standard InChI is InChI=1S/C14H24N2O/c1-5-7-12(8-6-2)13-9-15-14(16-10-13)17-11(3)4/h9-12H,5-8H2,1-4H3. The van der Waals surface area contributed by atoms with Crippen LogP contribution in [0.25, 0.3) is 0 Å². The molecular formula is C14H24N2O. The van der Waals surface area contributed by atoms with Crippen LogP contribution in [-0.2, 0) is 0 Å². The lowest BCUT2D eigenvalue weighted by atomic mass is 9.92. The molecule has 1 aromatic heterocycles. The van der Waals surface area contributed by atoms with E-state index in [9.17, 15) is 0 Å². The highest BCUT2D eigenvalue weighted by Gasteiger charge is 2.11. The molecule has 0 atom stereocenters. The van der Waals surface area contributed by atoms with Gasteiger partial charge in [0, 0.05) is 12.4 Å². The monoisotopic (exact) mass is 236 g/mol. The maximum Gasteiger partial charge on any atom is 0.316 e. The van der Waals surface area contributed by atoms with E-state index in [2.05, 4.69) is 23.8 Å². The van der Waals surface area contributed by atoms with Crippen LogP contribution in [0.2, 0.25) is 0 Å². The third-order valence-electron chi connectivity index (χ3n) is 2.73. The van der Waals surface area contributed by atoms with E-state index in [-0.39, 0.29) is 6.10 Å². The second kappa shape index (κ2) is 7.25. The number of rotatable bonds is 7. The van der Waals surface area contributed by atoms with Crippen LogP contribution in [0.15, 0.2) is 12.4 Å². The summed E-state index contributed by atoms with van der Waals surface area (Å²) in [7, 11) is 0. The van der Waals surface area contributed by atoms with Crippen molar-refractivity contribution in [3.05, 3.63) is 18.0 Å². The minimum absolute atomic E-state index is 0.128. The van der Waals surface area contributed by atoms with Crippen LogP contribution in [-0.4, -0.2) is 16.1 Å². The first-order valence-electron chi connectivity index (χ1n) is 6.65. The van der Waals surface area contributed by atoms with Gasteiger partial charge >= 0.3 is 6.01 Å². The Hall–Kier alpha value is -1.12. The molecule has 1 heterocycles. The summed E-state index contributed by atoms with van der Waals surface area (Å²) >= 11 is 0. The highest BCUT2D eigenvalue weighted by atomic mass is 16.5. The molecule has 0 unspecified atom stereocenters. The third-order valence-corrected chi connectivity index (χ3v) is 2.73. The number of ether oxygens (including phenoxy) is 1. The Bertz CT molecular complexity index is 303. The molecule has 1 aromatic rings. The van der Waals surface area contributed by atoms with Crippen LogP contribution >= 0.6 is 0 Å². The summed E-state index contributed by atoms with van der Waals surface area (Å²) in [5.74, 6) is 0.595. The second-order valence-electron chi connectivity index (χ2n) is 4.74. The van der Waals surface area contributed by atoms with Crippen molar-refractivity contribution in [2.45, 2.75) is 65.4 Å². The first-order chi connectivity index (χ1) is 8.17. The Balaban J connectivity index is 2.69. The molecular weight excluding hydrogens is 212 g/mol. The minimum atomic E-state index is 0.128. The molecule has 0 aromatic carbocycles. The predicted octanol–water partition coefficient (Wildman–Crippen LogP) is 3.95. The van der Waals surface area contributed by atoms with Crippen molar-refractivity contribution in [2.24, 2.45) is 0 Å². The highest BCUT2D eigenvalue weighted by molar-refractivity contribution is 5.13. The van der Waals surface area contributed by atoms with Crippen molar-refractivity contribution in [1.82, 2.24) is 9.97 Å². The summed E-state index contributed by atoms with van der Waals surface area (Å²) in [6.07, 6.45) is 8.79. The van der Waals surface area contributed by atoms with Gasteiger partial charge in [0.1, 0.15) is 0 Å². The Morgan fingerprint density at radius 3 is 2.00 bits per heavy atom. The molecule has 0 saturated carbocycles. The van der Waals surface area contributed by atoms with E-state index in [1.54, 1.807) is 0 Å². The topological polar surface area (TPSA) is 35.0 Å². The summed E-state index contributed by atoms with van der Waals surface area (Å²) in [4.78, 5) is 8.54. The van der Waals surface area contributed by atoms with Crippen LogP contribution in [0.4, 0.5) is 0 Å². The van der Waals surface area contributed by atoms with Gasteiger partial charge < -0.3 is 4.74 Å². The fourth-order valence-electron chi connectivity index (χ4n) is 1.98. The van der Waals surface area contributed by atoms with Crippen molar-refractivity contribution < 1.29 is 4.74 Å². The average molecular weight is 236 g/mol. The molecule has 0 aliphatic carbocycles. The quantitative estimate of drug-likeness (QED) is 0.719. The average Bonchev–Trinajstić information content (AvgIpc) is 2.29. The van der Waals surface area contributed by atoms with E-state index in [0.29, 0.717) is 11.9 Å². The Morgan fingerprint density at radius 1 is 1.06 bits per heavy atom. The SMILES string of the molecule is CCCC(CCC)c1cnc(OC(C)C)nc1. The second-order valence-corrected chi connectivity index (χ2v) is 4.74. The Labute approximate surface area is 105 Å². The first-order valence-corrected chi connectivity index (χ1v) is 6.65. The Morgan fingerprint density at radius 2 is 1.59 bits per heavy atom. The zero-order valence-corrected chi connectivity index (χ0v) is 11.4. The van der Waals surface area contributed by atoms with Gasteiger partial charge in [-0.1, -0.05) is 26.7 Å². The van der Waals surface area contributed by atoms with E-state index < -0.39 is 0 Å². The molecule has 0 aliphatic heterocycles. The molecule has 0 radical (unpaired) electrons. The van der Waals surface area contributed by atoms with Crippen LogP contribution in [0.5, 0.6) is 6.01 Å². The fraction of sp³-hybridized carbons (Fsp3) is 0.714. The predicted molar refractivity (Wildman–Crippen MR) is 70.4 cm³/mol. The lowest BCUT2D eigenvalue weighted by Crippen LogP contribution is -2.09. The van der Waals surface area contributed by atoms with Gasteiger partial charge in [-0.3, -0.25) is 0 Å². The lowest BCUT2D eigenvalue weighted by Gasteiger charge is -2.15. The maximum atomic E-state index is 5.45. The van der Waals surface area contributed by atoms with E-state index in [4.69, 9.17) is 4.74 Å². The van der Waals surface area contributed by atoms with E-state index >= 15 is 0 Å². The highest BCUT2D eigenvalue weighted by Crippen LogP contribution is 2.25. The molecule has 3 nitrogen and oxygen atoms in total. The van der Waals surface area contributed by atoms with E-state index in [0.717, 1.165) is 0 Å². The van der Waals surface area contributed by atoms with Crippen molar-refractivity contribution >= 4 is 0 Å². The van der Waals surface area contributed by atoms with Gasteiger partial charge in [-0.25, -0.2) is 9.97 Å². The lowest BCUT2D eigenvalue weighted by molar-refractivity contribution is 0.221. The van der Waals surface area contributed by atoms with Crippen molar-refractivity contribution in [3.8, 4) is 6.01 Å². The normalized spacial score (nSPS) is 11.2. The molecule has 0 saturated heterocycles. The molecule has 17 heavy (non-hydrogen) atoms. The number of aromatic nitrogens is 2. The zero-order chi connectivity index (χ0) is 12.7. The van der Waals surface area contributed by atoms with Gasteiger partial charge in [0.05, 0.1) is 6.10 Å². The summed E-state index contributed by atoms with van der Waals surface area (Å²) in [5.41, 5.74) is 1.24. The number of hydrogen-bond acceptors (Lipinski definition) is 3. The molecule has 0 amide bonds. The molecule has 1 rings (SSSR count). The third kappa shape index (κ3) is 4.72. The molecule has 0 fully saturated rings. The van der Waals surface area contributed by atoms with Gasteiger partial charge in [0.25, 0.3) is 0 Å². The Kier molecular flexibility index (Phi) is 5.95. The smallest absolute Gasteiger partial charge is 0.316 e. The first kappa shape index (κ1) is 13.9. The van der Waals surface area contributed by atoms with Crippen molar-refractivity contribution in [2.75, 3.05) is 0 Å². The fourth-order valence-corrected chi connectivity index (χ4v) is 1.98. The zero-order valence-electron chi connectivity index (χ0n) is 11.4. The van der Waals surface area contributed by atoms with E-state index in [1.807, 2.05) is 26.2 Å². The molecule has 0 spiro atoms. The molecule has 96 valence electrons. The van der Waals surface area contributed by atoms with Crippen LogP contribution in [0.1, 0.15) is 64.9 Å². The van der Waals surface area contributed by atoms with Gasteiger partial charge in [-0.2, -0.15) is 0 Å². The van der Waals surface area contributed by atoms with Crippen molar-refractivity contribution in [1.29, 1.82) is 0 Å². The van der Waals surface area contributed by atoms with Crippen molar-refractivity contribution in [3.63, 3.8) is 0 Å². The van der Waals surface area contributed by atoms with Crippen LogP contribution in [0.3, 0.4) is 0 Å². The largest absolute Gasteiger partial charge is 0.461 e. The van der Waals surface area contributed by atoms with Gasteiger partial charge in [-0.05, 0) is 38.2 Å². The van der Waals surface area contributed by atoms with Crippen LogP contribution in [0, 0.1) is 0 Å². The summed E-state index contributed by atoms with van der Waals surface area (Å²) < 4.78 is 5.45. The molecule has 0 N–H and O–H groups in total. The van der Waals surface area contributed by atoms with Gasteiger partial charge in [-0.15, -0.1) is 0 Å². The maximum absolute atomic E-state index is 5.45. The summed E-state index contributed by atoms with van der Waals surface area (Å²) in [5, 5.41) is 0.